The smallest absolute Gasteiger partial charge is 0.219 e. The lowest BCUT2D eigenvalue weighted by Gasteiger charge is -2.22. The number of carbonyl (C=O) groups excluding carboxylic acids is 1. The zero-order valence-corrected chi connectivity index (χ0v) is 14.7. The minimum Gasteiger partial charge on any atom is -0.351 e. The van der Waals surface area contributed by atoms with Crippen LogP contribution in [0.3, 0.4) is 0 Å². The van der Waals surface area contributed by atoms with Crippen LogP contribution in [0.2, 0.25) is 0 Å². The molecule has 0 aliphatic carbocycles. The molecule has 0 aromatic rings. The van der Waals surface area contributed by atoms with Crippen molar-refractivity contribution in [2.24, 2.45) is 0 Å². The van der Waals surface area contributed by atoms with Crippen molar-refractivity contribution in [2.75, 3.05) is 24.6 Å². The molecule has 1 atom stereocenters. The van der Waals surface area contributed by atoms with E-state index in [4.69, 9.17) is 0 Å². The molecule has 110 valence electrons. The predicted molar refractivity (Wildman–Crippen MR) is 90.6 cm³/mol. The van der Waals surface area contributed by atoms with E-state index in [0.29, 0.717) is 0 Å². The van der Waals surface area contributed by atoms with E-state index in [1.807, 2.05) is 50.6 Å². The molecule has 0 radical (unpaired) electrons. The molecule has 6 heteroatoms. The highest BCUT2D eigenvalue weighted by Gasteiger charge is 2.13. The topological polar surface area (TPSA) is 40.5 Å². The van der Waals surface area contributed by atoms with Gasteiger partial charge in [-0.25, -0.2) is 0 Å². The van der Waals surface area contributed by atoms with Gasteiger partial charge in [-0.05, 0) is 13.8 Å². The lowest BCUT2D eigenvalue weighted by atomic mass is 10.2. The van der Waals surface area contributed by atoms with Crippen LogP contribution in [0.4, 0.5) is 0 Å². The highest BCUT2D eigenvalue weighted by atomic mass is 32.7. The Morgan fingerprint density at radius 1 is 1.26 bits per heavy atom. The van der Waals surface area contributed by atoms with Crippen LogP contribution in [-0.4, -0.2) is 39.3 Å². The second kappa shape index (κ2) is 12.0. The largest absolute Gasteiger partial charge is 0.351 e. The normalized spacial score (nSPS) is 14.3. The molecular weight excluding hydrogens is 297 g/mol. The molecular formula is C13H24NO2PS2. The highest BCUT2D eigenvalue weighted by Crippen LogP contribution is 2.48. The number of hydrogen-bond acceptors (Lipinski definition) is 5. The zero-order valence-electron chi connectivity index (χ0n) is 12.1. The van der Waals surface area contributed by atoms with Crippen LogP contribution in [0.25, 0.3) is 0 Å². The Morgan fingerprint density at radius 3 is 2.37 bits per heavy atom. The first-order chi connectivity index (χ1) is 9.10. The van der Waals surface area contributed by atoms with Gasteiger partial charge in [-0.3, -0.25) is 9.46 Å². The molecule has 0 bridgehead atoms. The van der Waals surface area contributed by atoms with Gasteiger partial charge < -0.3 is 4.89 Å². The van der Waals surface area contributed by atoms with E-state index in [1.54, 1.807) is 11.4 Å². The lowest BCUT2D eigenvalue weighted by molar-refractivity contribution is -0.107. The maximum Gasteiger partial charge on any atom is 0.219 e. The number of allylic oxidation sites excluding steroid dienone is 3. The standard InChI is InChI=1S/C13H24NO2PS2/c1-5-9-12(6-2)13(15)18-10-11-19-17(16)14(7-3)8-4/h5-6,9,16H,7-8,10-11H2,1-4H3/b9-5-,12-6+. The maximum absolute atomic E-state index is 11.8. The van der Waals surface area contributed by atoms with Crippen LogP contribution in [-0.2, 0) is 4.79 Å². The predicted octanol–water partition coefficient (Wildman–Crippen LogP) is 4.06. The van der Waals surface area contributed by atoms with Gasteiger partial charge >= 0.3 is 0 Å². The summed E-state index contributed by atoms with van der Waals surface area (Å²) in [5.41, 5.74) is 0.743. The summed E-state index contributed by atoms with van der Waals surface area (Å²) in [4.78, 5) is 21.8. The fraction of sp³-hybridized carbons (Fsp3) is 0.615. The molecule has 0 aromatic carbocycles. The third kappa shape index (κ3) is 8.16. The van der Waals surface area contributed by atoms with Gasteiger partial charge in [0.1, 0.15) is 0 Å². The summed E-state index contributed by atoms with van der Waals surface area (Å²) in [5, 5.41) is 0.103. The molecule has 19 heavy (non-hydrogen) atoms. The average molecular weight is 321 g/mol. The molecule has 1 N–H and O–H groups in total. The van der Waals surface area contributed by atoms with Gasteiger partial charge in [-0.15, -0.1) is 0 Å². The van der Waals surface area contributed by atoms with E-state index in [-0.39, 0.29) is 5.12 Å². The SMILES string of the molecule is C/C=C\C(=C/C)C(=O)SCCSP(O)N(CC)CC. The van der Waals surface area contributed by atoms with E-state index in [1.165, 1.54) is 11.8 Å². The number of rotatable bonds is 9. The lowest BCUT2D eigenvalue weighted by Crippen LogP contribution is -2.15. The minimum atomic E-state index is -1.10. The van der Waals surface area contributed by atoms with E-state index in [2.05, 4.69) is 0 Å². The number of nitrogens with zero attached hydrogens (tertiary/aromatic N) is 1. The Morgan fingerprint density at radius 2 is 1.89 bits per heavy atom. The van der Waals surface area contributed by atoms with Crippen molar-refractivity contribution in [2.45, 2.75) is 27.7 Å². The minimum absolute atomic E-state index is 0.103. The molecule has 0 fully saturated rings. The van der Waals surface area contributed by atoms with Crippen molar-refractivity contribution in [3.63, 3.8) is 0 Å². The Kier molecular flexibility index (Phi) is 12.1. The molecule has 0 heterocycles. The molecule has 0 aliphatic heterocycles. The molecule has 0 amide bonds. The van der Waals surface area contributed by atoms with Gasteiger partial charge in [0.25, 0.3) is 0 Å². The van der Waals surface area contributed by atoms with E-state index in [0.717, 1.165) is 30.2 Å². The van der Waals surface area contributed by atoms with Crippen molar-refractivity contribution < 1.29 is 9.69 Å². The van der Waals surface area contributed by atoms with Crippen LogP contribution in [0.15, 0.2) is 23.8 Å². The van der Waals surface area contributed by atoms with Crippen molar-refractivity contribution >= 4 is 35.8 Å². The van der Waals surface area contributed by atoms with Crippen LogP contribution in [0.5, 0.6) is 0 Å². The van der Waals surface area contributed by atoms with Crippen LogP contribution in [0, 0.1) is 0 Å². The molecule has 0 saturated carbocycles. The third-order valence-electron chi connectivity index (χ3n) is 2.39. The maximum atomic E-state index is 11.8. The summed E-state index contributed by atoms with van der Waals surface area (Å²) in [6.45, 7) is 9.59. The first-order valence-electron chi connectivity index (χ1n) is 6.43. The second-order valence-electron chi connectivity index (χ2n) is 3.60. The molecule has 0 rings (SSSR count). The summed E-state index contributed by atoms with van der Waals surface area (Å²) < 4.78 is 2.05. The van der Waals surface area contributed by atoms with Gasteiger partial charge in [0.15, 0.2) is 7.50 Å². The Balaban J connectivity index is 3.95. The van der Waals surface area contributed by atoms with Gasteiger partial charge in [-0.1, -0.05) is 55.2 Å². The second-order valence-corrected chi connectivity index (χ2v) is 8.16. The molecule has 3 nitrogen and oxygen atoms in total. The summed E-state index contributed by atoms with van der Waals surface area (Å²) >= 11 is 2.86. The summed E-state index contributed by atoms with van der Waals surface area (Å²) in [6.07, 6.45) is 5.53. The van der Waals surface area contributed by atoms with Crippen molar-refractivity contribution in [1.29, 1.82) is 0 Å². The fourth-order valence-electron chi connectivity index (χ4n) is 1.35. The molecule has 0 saturated heterocycles. The molecule has 1 unspecified atom stereocenters. The molecule has 0 spiro atoms. The Hall–Kier alpha value is 0.200. The number of carbonyl (C=O) groups is 1. The Labute approximate surface area is 126 Å². The van der Waals surface area contributed by atoms with Gasteiger partial charge in [-0.2, -0.15) is 0 Å². The first kappa shape index (κ1) is 19.2. The monoisotopic (exact) mass is 321 g/mol. The van der Waals surface area contributed by atoms with Crippen molar-refractivity contribution in [3.8, 4) is 0 Å². The number of hydrogen-bond donors (Lipinski definition) is 1. The third-order valence-corrected chi connectivity index (χ3v) is 7.15. The first-order valence-corrected chi connectivity index (χ1v) is 10.3. The number of thioether (sulfide) groups is 1. The average Bonchev–Trinajstić information content (AvgIpc) is 2.42. The van der Waals surface area contributed by atoms with Crippen LogP contribution in [0.1, 0.15) is 27.7 Å². The van der Waals surface area contributed by atoms with Crippen molar-refractivity contribution in [1.82, 2.24) is 4.67 Å². The Bertz CT molecular complexity index is 318. The van der Waals surface area contributed by atoms with E-state index in [9.17, 15) is 9.69 Å². The molecule has 0 aliphatic rings. The van der Waals surface area contributed by atoms with Crippen LogP contribution >= 0.6 is 30.6 Å². The van der Waals surface area contributed by atoms with Crippen molar-refractivity contribution in [3.05, 3.63) is 23.8 Å². The highest BCUT2D eigenvalue weighted by molar-refractivity contribution is 8.53. The quantitative estimate of drug-likeness (QED) is 0.300. The van der Waals surface area contributed by atoms with Gasteiger partial charge in [0, 0.05) is 30.2 Å². The van der Waals surface area contributed by atoms with E-state index >= 15 is 0 Å². The molecule has 0 aromatic heterocycles. The fourth-order valence-corrected chi connectivity index (χ4v) is 5.67. The summed E-state index contributed by atoms with van der Waals surface area (Å²) in [6, 6.07) is 0. The van der Waals surface area contributed by atoms with E-state index < -0.39 is 7.50 Å². The zero-order chi connectivity index (χ0) is 14.7. The summed E-state index contributed by atoms with van der Waals surface area (Å²) in [7, 11) is -1.10. The van der Waals surface area contributed by atoms with Crippen LogP contribution < -0.4 is 0 Å². The van der Waals surface area contributed by atoms with Gasteiger partial charge in [0.05, 0.1) is 0 Å². The summed E-state index contributed by atoms with van der Waals surface area (Å²) in [5.74, 6) is 1.53. The van der Waals surface area contributed by atoms with Gasteiger partial charge in [0.2, 0.25) is 5.12 Å².